The Balaban J connectivity index is 1.65. The summed E-state index contributed by atoms with van der Waals surface area (Å²) in [5.41, 5.74) is 2.47. The molecule has 0 aliphatic heterocycles. The van der Waals surface area contributed by atoms with Crippen molar-refractivity contribution in [3.63, 3.8) is 0 Å². The van der Waals surface area contributed by atoms with Crippen LogP contribution < -0.4 is 10.1 Å². The maximum absolute atomic E-state index is 12.4. The van der Waals surface area contributed by atoms with Gasteiger partial charge in [-0.25, -0.2) is 0 Å². The van der Waals surface area contributed by atoms with Gasteiger partial charge in [0.25, 0.3) is 0 Å². The van der Waals surface area contributed by atoms with Crippen molar-refractivity contribution in [2.75, 3.05) is 0 Å². The summed E-state index contributed by atoms with van der Waals surface area (Å²) in [5.74, 6) is -0.0485. The van der Waals surface area contributed by atoms with Gasteiger partial charge in [0.15, 0.2) is 0 Å². The molecule has 26 heavy (non-hydrogen) atoms. The van der Waals surface area contributed by atoms with Crippen molar-refractivity contribution < 1.29 is 18.3 Å². The third-order valence-electron chi connectivity index (χ3n) is 4.05. The molecule has 0 aliphatic carbocycles. The smallest absolute Gasteiger partial charge is 0.387 e. The van der Waals surface area contributed by atoms with E-state index < -0.39 is 6.61 Å². The molecule has 1 N–H and O–H groups in total. The number of amides is 1. The van der Waals surface area contributed by atoms with Gasteiger partial charge in [0.05, 0.1) is 18.0 Å². The number of carbonyl (C=O) groups excluding carboxylic acids is 1. The molecule has 4 nitrogen and oxygen atoms in total. The van der Waals surface area contributed by atoms with E-state index in [9.17, 15) is 13.6 Å². The summed E-state index contributed by atoms with van der Waals surface area (Å²) in [4.78, 5) is 16.7. The summed E-state index contributed by atoms with van der Waals surface area (Å²) in [7, 11) is 0. The molecule has 0 saturated carbocycles. The van der Waals surface area contributed by atoms with Gasteiger partial charge >= 0.3 is 6.61 Å². The Bertz CT molecular complexity index is 892. The summed E-state index contributed by atoms with van der Waals surface area (Å²) in [6, 6.07) is 15.5. The van der Waals surface area contributed by atoms with Gasteiger partial charge in [0.1, 0.15) is 5.75 Å². The average molecular weight is 356 g/mol. The number of pyridine rings is 1. The quantitative estimate of drug-likeness (QED) is 0.718. The predicted octanol–water partition coefficient (Wildman–Crippen LogP) is 4.26. The van der Waals surface area contributed by atoms with Crippen LogP contribution >= 0.6 is 0 Å². The zero-order chi connectivity index (χ0) is 18.5. The molecular weight excluding hydrogens is 338 g/mol. The van der Waals surface area contributed by atoms with Crippen molar-refractivity contribution >= 4 is 16.8 Å². The molecule has 1 heterocycles. The summed E-state index contributed by atoms with van der Waals surface area (Å²) in [6.07, 6.45) is 1.92. The minimum absolute atomic E-state index is 0.0871. The lowest BCUT2D eigenvalue weighted by atomic mass is 10.1. The highest BCUT2D eigenvalue weighted by molar-refractivity contribution is 5.87. The molecule has 1 unspecified atom stereocenters. The minimum atomic E-state index is -2.85. The Labute approximate surface area is 149 Å². The van der Waals surface area contributed by atoms with E-state index in [0.717, 1.165) is 22.0 Å². The number of hydrogen-bond donors (Lipinski definition) is 1. The van der Waals surface area contributed by atoms with Crippen LogP contribution in [0.15, 0.2) is 60.8 Å². The van der Waals surface area contributed by atoms with Gasteiger partial charge in [0, 0.05) is 11.6 Å². The second kappa shape index (κ2) is 7.91. The number of nitrogens with one attached hydrogen (secondary N) is 1. The molecule has 3 aromatic rings. The summed E-state index contributed by atoms with van der Waals surface area (Å²) in [6.45, 7) is -1.02. The van der Waals surface area contributed by atoms with E-state index in [-0.39, 0.29) is 24.1 Å². The van der Waals surface area contributed by atoms with Crippen molar-refractivity contribution in [2.45, 2.75) is 26.0 Å². The van der Waals surface area contributed by atoms with Crippen molar-refractivity contribution in [3.8, 4) is 5.75 Å². The molecule has 1 atom stereocenters. The van der Waals surface area contributed by atoms with Crippen LogP contribution in [0.25, 0.3) is 10.9 Å². The van der Waals surface area contributed by atoms with Crippen molar-refractivity contribution in [3.05, 3.63) is 71.9 Å². The fourth-order valence-corrected chi connectivity index (χ4v) is 2.80. The summed E-state index contributed by atoms with van der Waals surface area (Å²) >= 11 is 0. The SMILES string of the molecule is CC(NC(=O)Cc1cccc2cccnc12)c1ccc(OC(F)F)cc1. The van der Waals surface area contributed by atoms with E-state index in [1.54, 1.807) is 18.3 Å². The van der Waals surface area contributed by atoms with Crippen LogP contribution in [-0.4, -0.2) is 17.5 Å². The van der Waals surface area contributed by atoms with Crippen LogP contribution in [0.5, 0.6) is 5.75 Å². The number of rotatable bonds is 6. The molecule has 0 bridgehead atoms. The summed E-state index contributed by atoms with van der Waals surface area (Å²) < 4.78 is 28.7. The molecule has 3 rings (SSSR count). The Morgan fingerprint density at radius 1 is 1.12 bits per heavy atom. The topological polar surface area (TPSA) is 51.2 Å². The summed E-state index contributed by atoms with van der Waals surface area (Å²) in [5, 5.41) is 3.90. The van der Waals surface area contributed by atoms with Gasteiger partial charge < -0.3 is 10.1 Å². The second-order valence-electron chi connectivity index (χ2n) is 5.91. The van der Waals surface area contributed by atoms with Crippen LogP contribution in [0.1, 0.15) is 24.1 Å². The number of hydrogen-bond acceptors (Lipinski definition) is 3. The van der Waals surface area contributed by atoms with E-state index in [4.69, 9.17) is 0 Å². The van der Waals surface area contributed by atoms with E-state index in [1.807, 2.05) is 37.3 Å². The van der Waals surface area contributed by atoms with Gasteiger partial charge in [-0.3, -0.25) is 9.78 Å². The Morgan fingerprint density at radius 2 is 1.85 bits per heavy atom. The number of alkyl halides is 2. The first kappa shape index (κ1) is 17.8. The fourth-order valence-electron chi connectivity index (χ4n) is 2.80. The van der Waals surface area contributed by atoms with E-state index in [0.29, 0.717) is 0 Å². The molecule has 0 saturated heterocycles. The van der Waals surface area contributed by atoms with Crippen LogP contribution in [0.3, 0.4) is 0 Å². The molecule has 0 fully saturated rings. The molecular formula is C20H18F2N2O2. The predicted molar refractivity (Wildman–Crippen MR) is 95.1 cm³/mol. The standard InChI is InChI=1S/C20H18F2N2O2/c1-13(14-7-9-17(10-8-14)26-20(21)22)24-18(25)12-16-5-2-4-15-6-3-11-23-19(15)16/h2-11,13,20H,12H2,1H3,(H,24,25). The third kappa shape index (κ3) is 4.33. The maximum Gasteiger partial charge on any atom is 0.387 e. The van der Waals surface area contributed by atoms with Gasteiger partial charge in [-0.2, -0.15) is 8.78 Å². The van der Waals surface area contributed by atoms with Crippen molar-refractivity contribution in [1.29, 1.82) is 0 Å². The number of fused-ring (bicyclic) bond motifs is 1. The van der Waals surface area contributed by atoms with Crippen LogP contribution in [0.2, 0.25) is 0 Å². The maximum atomic E-state index is 12.4. The Hall–Kier alpha value is -3.02. The highest BCUT2D eigenvalue weighted by Crippen LogP contribution is 2.20. The lowest BCUT2D eigenvalue weighted by Crippen LogP contribution is -2.28. The van der Waals surface area contributed by atoms with Crippen molar-refractivity contribution in [1.82, 2.24) is 10.3 Å². The molecule has 1 aromatic heterocycles. The van der Waals surface area contributed by atoms with Gasteiger partial charge in [0.2, 0.25) is 5.91 Å². The zero-order valence-corrected chi connectivity index (χ0v) is 14.2. The highest BCUT2D eigenvalue weighted by Gasteiger charge is 2.13. The van der Waals surface area contributed by atoms with Gasteiger partial charge in [-0.1, -0.05) is 36.4 Å². The molecule has 0 radical (unpaired) electrons. The zero-order valence-electron chi connectivity index (χ0n) is 14.2. The molecule has 134 valence electrons. The normalized spacial score (nSPS) is 12.2. The number of carbonyl (C=O) groups is 1. The number of ether oxygens (including phenoxy) is 1. The van der Waals surface area contributed by atoms with Crippen molar-refractivity contribution in [2.24, 2.45) is 0 Å². The number of aromatic nitrogens is 1. The monoisotopic (exact) mass is 356 g/mol. The minimum Gasteiger partial charge on any atom is -0.435 e. The van der Waals surface area contributed by atoms with Crippen LogP contribution in [0, 0.1) is 0 Å². The lowest BCUT2D eigenvalue weighted by molar-refractivity contribution is -0.121. The third-order valence-corrected chi connectivity index (χ3v) is 4.05. The van der Waals surface area contributed by atoms with Gasteiger partial charge in [-0.15, -0.1) is 0 Å². The second-order valence-corrected chi connectivity index (χ2v) is 5.91. The number of benzene rings is 2. The van der Waals surface area contributed by atoms with Gasteiger partial charge in [-0.05, 0) is 36.2 Å². The molecule has 2 aromatic carbocycles. The average Bonchev–Trinajstić information content (AvgIpc) is 2.62. The van der Waals surface area contributed by atoms with Crippen LogP contribution in [-0.2, 0) is 11.2 Å². The largest absolute Gasteiger partial charge is 0.435 e. The van der Waals surface area contributed by atoms with E-state index >= 15 is 0 Å². The molecule has 1 amide bonds. The Morgan fingerprint density at radius 3 is 2.58 bits per heavy atom. The highest BCUT2D eigenvalue weighted by atomic mass is 19.3. The number of nitrogens with zero attached hydrogens (tertiary/aromatic N) is 1. The molecule has 0 spiro atoms. The van der Waals surface area contributed by atoms with E-state index in [2.05, 4.69) is 15.0 Å². The first-order valence-corrected chi connectivity index (χ1v) is 8.19. The van der Waals surface area contributed by atoms with E-state index in [1.165, 1.54) is 12.1 Å². The fraction of sp³-hybridized carbons (Fsp3) is 0.200. The first-order chi connectivity index (χ1) is 12.5. The lowest BCUT2D eigenvalue weighted by Gasteiger charge is -2.15. The molecule has 6 heteroatoms. The number of halogens is 2. The van der Waals surface area contributed by atoms with Crippen LogP contribution in [0.4, 0.5) is 8.78 Å². The number of para-hydroxylation sites is 1. The first-order valence-electron chi connectivity index (χ1n) is 8.19. The Kier molecular flexibility index (Phi) is 5.41. The molecule has 0 aliphatic rings.